The van der Waals surface area contributed by atoms with Crippen LogP contribution >= 0.6 is 11.6 Å². The molecule has 0 fully saturated rings. The quantitative estimate of drug-likeness (QED) is 0.854. The van der Waals surface area contributed by atoms with Gasteiger partial charge in [-0.1, -0.05) is 23.7 Å². The number of aromatic carboxylic acids is 1. The van der Waals surface area contributed by atoms with Crippen molar-refractivity contribution in [3.05, 3.63) is 58.1 Å². The van der Waals surface area contributed by atoms with Gasteiger partial charge in [-0.15, -0.1) is 0 Å². The maximum absolute atomic E-state index is 10.9. The van der Waals surface area contributed by atoms with Crippen molar-refractivity contribution in [2.75, 3.05) is 7.11 Å². The molecule has 0 aliphatic carbocycles. The third kappa shape index (κ3) is 3.69. The molecule has 2 aromatic rings. The van der Waals surface area contributed by atoms with E-state index in [9.17, 15) is 4.79 Å². The molecule has 0 aromatic heterocycles. The number of carboxylic acids is 1. The number of hydrogen-bond donors (Lipinski definition) is 2. The molecule has 2 N–H and O–H groups in total. The highest BCUT2D eigenvalue weighted by Crippen LogP contribution is 2.37. The Kier molecular flexibility index (Phi) is 5.25. The molecule has 2 aromatic carbocycles. The highest BCUT2D eigenvalue weighted by molar-refractivity contribution is 6.32. The number of benzene rings is 2. The molecule has 6 heteroatoms. The lowest BCUT2D eigenvalue weighted by Gasteiger charge is -2.14. The maximum atomic E-state index is 10.9. The topological polar surface area (TPSA) is 76.0 Å². The molecule has 116 valence electrons. The van der Waals surface area contributed by atoms with Crippen molar-refractivity contribution in [2.24, 2.45) is 0 Å². The number of aliphatic hydroxyl groups is 1. The summed E-state index contributed by atoms with van der Waals surface area (Å²) < 4.78 is 10.9. The average Bonchev–Trinajstić information content (AvgIpc) is 2.53. The zero-order valence-corrected chi connectivity index (χ0v) is 12.6. The van der Waals surface area contributed by atoms with Crippen molar-refractivity contribution in [1.82, 2.24) is 0 Å². The lowest BCUT2D eigenvalue weighted by atomic mass is 10.1. The van der Waals surface area contributed by atoms with Crippen molar-refractivity contribution in [1.29, 1.82) is 0 Å². The zero-order chi connectivity index (χ0) is 16.1. The number of hydrogen-bond acceptors (Lipinski definition) is 4. The smallest absolute Gasteiger partial charge is 0.335 e. The van der Waals surface area contributed by atoms with E-state index in [2.05, 4.69) is 0 Å². The second kappa shape index (κ2) is 7.15. The minimum atomic E-state index is -0.996. The molecule has 0 heterocycles. The Labute approximate surface area is 132 Å². The fraction of sp³-hybridized carbons (Fsp3) is 0.188. The number of ether oxygens (including phenoxy) is 2. The van der Waals surface area contributed by atoms with Gasteiger partial charge in [0.1, 0.15) is 6.61 Å². The van der Waals surface area contributed by atoms with Crippen LogP contribution < -0.4 is 9.47 Å². The van der Waals surface area contributed by atoms with Crippen molar-refractivity contribution in [3.8, 4) is 11.5 Å². The van der Waals surface area contributed by atoms with Gasteiger partial charge in [-0.3, -0.25) is 0 Å². The molecular formula is C16H15ClO5. The van der Waals surface area contributed by atoms with E-state index < -0.39 is 5.97 Å². The van der Waals surface area contributed by atoms with Gasteiger partial charge < -0.3 is 19.7 Å². The molecule has 0 bridgehead atoms. The van der Waals surface area contributed by atoms with Crippen LogP contribution in [0.4, 0.5) is 0 Å². The number of halogens is 1. The first-order valence-electron chi connectivity index (χ1n) is 6.47. The van der Waals surface area contributed by atoms with Crippen LogP contribution in [0, 0.1) is 0 Å². The Bertz CT molecular complexity index is 684. The van der Waals surface area contributed by atoms with Gasteiger partial charge >= 0.3 is 5.97 Å². The fourth-order valence-corrected chi connectivity index (χ4v) is 2.24. The van der Waals surface area contributed by atoms with Crippen LogP contribution in [-0.2, 0) is 13.2 Å². The molecule has 0 saturated carbocycles. The highest BCUT2D eigenvalue weighted by atomic mass is 35.5. The SMILES string of the molecule is COc1cc(CO)cc(Cl)c1OCc1cccc(C(=O)O)c1. The van der Waals surface area contributed by atoms with Gasteiger partial charge in [0.25, 0.3) is 0 Å². The molecule has 2 rings (SSSR count). The average molecular weight is 323 g/mol. The minimum Gasteiger partial charge on any atom is -0.493 e. The number of aliphatic hydroxyl groups excluding tert-OH is 1. The first-order valence-corrected chi connectivity index (χ1v) is 6.85. The highest BCUT2D eigenvalue weighted by Gasteiger charge is 2.12. The van der Waals surface area contributed by atoms with Crippen LogP contribution in [0.1, 0.15) is 21.5 Å². The summed E-state index contributed by atoms with van der Waals surface area (Å²) in [4.78, 5) is 10.9. The third-order valence-electron chi connectivity index (χ3n) is 3.03. The Morgan fingerprint density at radius 3 is 2.64 bits per heavy atom. The predicted octanol–water partition coefficient (Wildman–Crippen LogP) is 3.12. The molecular weight excluding hydrogens is 308 g/mol. The summed E-state index contributed by atoms with van der Waals surface area (Å²) >= 11 is 6.13. The Morgan fingerprint density at radius 1 is 1.23 bits per heavy atom. The normalized spacial score (nSPS) is 10.3. The van der Waals surface area contributed by atoms with Crippen LogP contribution in [-0.4, -0.2) is 23.3 Å². The minimum absolute atomic E-state index is 0.148. The first-order chi connectivity index (χ1) is 10.5. The molecule has 0 atom stereocenters. The maximum Gasteiger partial charge on any atom is 0.335 e. The summed E-state index contributed by atoms with van der Waals surface area (Å²) in [6.07, 6.45) is 0. The van der Waals surface area contributed by atoms with Gasteiger partial charge in [-0.05, 0) is 35.4 Å². The molecule has 0 aliphatic heterocycles. The van der Waals surface area contributed by atoms with E-state index in [1.54, 1.807) is 24.3 Å². The van der Waals surface area contributed by atoms with Crippen molar-refractivity contribution in [2.45, 2.75) is 13.2 Å². The molecule has 22 heavy (non-hydrogen) atoms. The number of rotatable bonds is 6. The Hall–Kier alpha value is -2.24. The second-order valence-electron chi connectivity index (χ2n) is 4.56. The summed E-state index contributed by atoms with van der Waals surface area (Å²) in [5.41, 5.74) is 1.50. The molecule has 0 amide bonds. The van der Waals surface area contributed by atoms with E-state index in [4.69, 9.17) is 31.3 Å². The van der Waals surface area contributed by atoms with Crippen molar-refractivity contribution < 1.29 is 24.5 Å². The fourth-order valence-electron chi connectivity index (χ4n) is 1.95. The Balaban J connectivity index is 2.21. The molecule has 0 spiro atoms. The van der Waals surface area contributed by atoms with Gasteiger partial charge in [0.2, 0.25) is 0 Å². The molecule has 0 saturated heterocycles. The largest absolute Gasteiger partial charge is 0.493 e. The monoisotopic (exact) mass is 322 g/mol. The molecule has 0 radical (unpaired) electrons. The summed E-state index contributed by atoms with van der Waals surface area (Å²) in [5.74, 6) is -0.238. The van der Waals surface area contributed by atoms with E-state index in [-0.39, 0.29) is 18.8 Å². The molecule has 0 unspecified atom stereocenters. The molecule has 5 nitrogen and oxygen atoms in total. The summed E-state index contributed by atoms with van der Waals surface area (Å²) in [6.45, 7) is -0.00725. The molecule has 0 aliphatic rings. The lowest BCUT2D eigenvalue weighted by molar-refractivity contribution is 0.0696. The van der Waals surface area contributed by atoms with Crippen LogP contribution in [0.2, 0.25) is 5.02 Å². The van der Waals surface area contributed by atoms with E-state index in [0.29, 0.717) is 27.6 Å². The predicted molar refractivity (Wildman–Crippen MR) is 81.7 cm³/mol. The van der Waals surface area contributed by atoms with Crippen LogP contribution in [0.25, 0.3) is 0 Å². The number of carboxylic acid groups (broad SMARTS) is 1. The van der Waals surface area contributed by atoms with Gasteiger partial charge in [0.05, 0.1) is 24.3 Å². The van der Waals surface area contributed by atoms with Gasteiger partial charge in [-0.25, -0.2) is 4.79 Å². The number of methoxy groups -OCH3 is 1. The Morgan fingerprint density at radius 2 is 2.00 bits per heavy atom. The van der Waals surface area contributed by atoms with E-state index in [0.717, 1.165) is 0 Å². The van der Waals surface area contributed by atoms with Crippen LogP contribution in [0.15, 0.2) is 36.4 Å². The van der Waals surface area contributed by atoms with Crippen LogP contribution in [0.3, 0.4) is 0 Å². The first kappa shape index (κ1) is 16.1. The summed E-state index contributed by atoms with van der Waals surface area (Å²) in [5, 5.41) is 18.4. The standard InChI is InChI=1S/C16H15ClO5/c1-21-14-7-11(8-18)6-13(17)15(14)22-9-10-3-2-4-12(5-10)16(19)20/h2-7,18H,8-9H2,1H3,(H,19,20). The second-order valence-corrected chi connectivity index (χ2v) is 4.97. The summed E-state index contributed by atoms with van der Waals surface area (Å²) in [7, 11) is 1.48. The van der Waals surface area contributed by atoms with E-state index in [1.165, 1.54) is 19.2 Å². The van der Waals surface area contributed by atoms with E-state index in [1.807, 2.05) is 0 Å². The van der Waals surface area contributed by atoms with Gasteiger partial charge in [-0.2, -0.15) is 0 Å². The van der Waals surface area contributed by atoms with Crippen molar-refractivity contribution in [3.63, 3.8) is 0 Å². The van der Waals surface area contributed by atoms with Crippen LogP contribution in [0.5, 0.6) is 11.5 Å². The lowest BCUT2D eigenvalue weighted by Crippen LogP contribution is -2.02. The van der Waals surface area contributed by atoms with Gasteiger partial charge in [0.15, 0.2) is 11.5 Å². The van der Waals surface area contributed by atoms with Gasteiger partial charge in [0, 0.05) is 0 Å². The zero-order valence-electron chi connectivity index (χ0n) is 11.9. The van der Waals surface area contributed by atoms with E-state index >= 15 is 0 Å². The number of carbonyl (C=O) groups is 1. The summed E-state index contributed by atoms with van der Waals surface area (Å²) in [6, 6.07) is 9.67. The third-order valence-corrected chi connectivity index (χ3v) is 3.31. The van der Waals surface area contributed by atoms with Crippen molar-refractivity contribution >= 4 is 17.6 Å².